The molecule has 0 saturated carbocycles. The minimum atomic E-state index is -3.71. The number of aryl methyl sites for hydroxylation is 1. The van der Waals surface area contributed by atoms with Crippen LogP contribution in [0.2, 0.25) is 0 Å². The van der Waals surface area contributed by atoms with E-state index in [2.05, 4.69) is 14.7 Å². The van der Waals surface area contributed by atoms with E-state index in [-0.39, 0.29) is 37.0 Å². The number of likely N-dealkylation sites (tertiary alicyclic amines) is 1. The maximum absolute atomic E-state index is 12.2. The predicted octanol–water partition coefficient (Wildman–Crippen LogP) is 0.857. The number of hydrogen-bond donors (Lipinski definition) is 1. The zero-order chi connectivity index (χ0) is 18.7. The Morgan fingerprint density at radius 3 is 2.46 bits per heavy atom. The van der Waals surface area contributed by atoms with Gasteiger partial charge in [0.1, 0.15) is 11.6 Å². The lowest BCUT2D eigenvalue weighted by molar-refractivity contribution is -0.147. The number of amides is 2. The summed E-state index contributed by atoms with van der Waals surface area (Å²) in [5, 5.41) is 0. The molecule has 0 radical (unpaired) electrons. The fourth-order valence-corrected chi connectivity index (χ4v) is 3.71. The van der Waals surface area contributed by atoms with Gasteiger partial charge in [-0.3, -0.25) is 23.8 Å². The Labute approximate surface area is 151 Å². The first-order chi connectivity index (χ1) is 12.4. The number of nitrogens with one attached hydrogen (secondary N) is 1. The average molecular weight is 377 g/mol. The third-order valence-corrected chi connectivity index (χ3v) is 5.33. The molecule has 1 fully saturated rings. The molecule has 0 aliphatic carbocycles. The van der Waals surface area contributed by atoms with Crippen LogP contribution in [0.3, 0.4) is 0 Å². The van der Waals surface area contributed by atoms with Crippen LogP contribution in [0, 0.1) is 6.92 Å². The van der Waals surface area contributed by atoms with Crippen molar-refractivity contribution in [1.82, 2.24) is 19.4 Å². The van der Waals surface area contributed by atoms with E-state index in [1.807, 2.05) is 6.92 Å². The van der Waals surface area contributed by atoms with Gasteiger partial charge in [-0.1, -0.05) is 0 Å². The molecule has 0 aromatic carbocycles. The first-order valence-corrected chi connectivity index (χ1v) is 9.81. The average Bonchev–Trinajstić information content (AvgIpc) is 3.01. The quantitative estimate of drug-likeness (QED) is 0.747. The van der Waals surface area contributed by atoms with Gasteiger partial charge in [-0.15, -0.1) is 0 Å². The van der Waals surface area contributed by atoms with Gasteiger partial charge in [0.05, 0.1) is 17.6 Å². The Balaban J connectivity index is 1.63. The minimum absolute atomic E-state index is 0.146. The highest BCUT2D eigenvalue weighted by Gasteiger charge is 2.27. The summed E-state index contributed by atoms with van der Waals surface area (Å²) < 4.78 is 28.6. The second-order valence-corrected chi connectivity index (χ2v) is 7.81. The largest absolute Gasteiger partial charge is 0.288 e. The molecule has 26 heavy (non-hydrogen) atoms. The van der Waals surface area contributed by atoms with E-state index in [4.69, 9.17) is 0 Å². The summed E-state index contributed by atoms with van der Waals surface area (Å²) in [6.07, 6.45) is 5.89. The van der Waals surface area contributed by atoms with Crippen LogP contribution in [0.1, 0.15) is 25.1 Å². The molecule has 2 aromatic rings. The van der Waals surface area contributed by atoms with Crippen molar-refractivity contribution in [2.24, 2.45) is 0 Å². The number of sulfonamides is 1. The Morgan fingerprint density at radius 1 is 1.15 bits per heavy atom. The fraction of sp³-hybridized carbons (Fsp3) is 0.375. The molecule has 2 aromatic heterocycles. The molecule has 1 aliphatic rings. The number of imide groups is 1. The lowest BCUT2D eigenvalue weighted by Gasteiger charge is -2.24. The van der Waals surface area contributed by atoms with Gasteiger partial charge in [0, 0.05) is 31.8 Å². The van der Waals surface area contributed by atoms with E-state index >= 15 is 0 Å². The number of carbonyl (C=O) groups excluding carboxylic acids is 2. The summed E-state index contributed by atoms with van der Waals surface area (Å²) in [7, 11) is -3.71. The maximum atomic E-state index is 12.2. The van der Waals surface area contributed by atoms with E-state index in [1.54, 1.807) is 29.1 Å². The number of aromatic nitrogens is 3. The van der Waals surface area contributed by atoms with Crippen molar-refractivity contribution < 1.29 is 18.0 Å². The van der Waals surface area contributed by atoms with Crippen LogP contribution < -0.4 is 4.72 Å². The van der Waals surface area contributed by atoms with Gasteiger partial charge in [0.2, 0.25) is 21.8 Å². The summed E-state index contributed by atoms with van der Waals surface area (Å²) in [6.45, 7) is 1.69. The Kier molecular flexibility index (Phi) is 5.03. The van der Waals surface area contributed by atoms with Crippen molar-refractivity contribution in [3.05, 3.63) is 36.5 Å². The number of imidazole rings is 1. The molecule has 2 amide bonds. The van der Waals surface area contributed by atoms with Crippen molar-refractivity contribution >= 4 is 27.5 Å². The van der Waals surface area contributed by atoms with Crippen LogP contribution in [0.25, 0.3) is 5.82 Å². The molecule has 0 atom stereocenters. The lowest BCUT2D eigenvalue weighted by atomic mass is 10.1. The molecule has 0 bridgehead atoms. The van der Waals surface area contributed by atoms with E-state index in [0.29, 0.717) is 17.9 Å². The van der Waals surface area contributed by atoms with Crippen LogP contribution in [-0.2, 0) is 19.6 Å². The summed E-state index contributed by atoms with van der Waals surface area (Å²) in [6, 6.07) is 3.26. The zero-order valence-corrected chi connectivity index (χ0v) is 15.1. The number of nitrogens with zero attached hydrogens (tertiary/aromatic N) is 4. The molecule has 9 nitrogen and oxygen atoms in total. The van der Waals surface area contributed by atoms with E-state index in [0.717, 1.165) is 10.7 Å². The van der Waals surface area contributed by atoms with E-state index < -0.39 is 10.0 Å². The smallest absolute Gasteiger partial charge is 0.234 e. The van der Waals surface area contributed by atoms with Crippen LogP contribution in [-0.4, -0.2) is 52.0 Å². The molecule has 10 heteroatoms. The highest BCUT2D eigenvalue weighted by molar-refractivity contribution is 7.92. The first kappa shape index (κ1) is 18.1. The zero-order valence-electron chi connectivity index (χ0n) is 14.3. The standard InChI is InChI=1S/C16H19N5O4S/c1-12-17-7-8-20(12)14-6-5-13(11-18-14)19-26(24,25)10-9-21-15(22)3-2-4-16(21)23/h5-8,11,19H,2-4,9-10H2,1H3. The second kappa shape index (κ2) is 7.24. The summed E-state index contributed by atoms with van der Waals surface area (Å²) in [5.41, 5.74) is 0.308. The molecule has 0 unspecified atom stereocenters. The molecule has 0 spiro atoms. The summed E-state index contributed by atoms with van der Waals surface area (Å²) in [4.78, 5) is 32.8. The van der Waals surface area contributed by atoms with Crippen molar-refractivity contribution in [2.75, 3.05) is 17.0 Å². The molecule has 3 rings (SSSR count). The number of piperidine rings is 1. The van der Waals surface area contributed by atoms with Crippen molar-refractivity contribution in [2.45, 2.75) is 26.2 Å². The Bertz CT molecular complexity index is 904. The molecular weight excluding hydrogens is 358 g/mol. The van der Waals surface area contributed by atoms with Gasteiger partial charge in [-0.05, 0) is 25.5 Å². The fourth-order valence-electron chi connectivity index (χ4n) is 2.70. The topological polar surface area (TPSA) is 114 Å². The van der Waals surface area contributed by atoms with Gasteiger partial charge in [-0.25, -0.2) is 18.4 Å². The highest BCUT2D eigenvalue weighted by atomic mass is 32.2. The van der Waals surface area contributed by atoms with Gasteiger partial charge in [-0.2, -0.15) is 0 Å². The molecule has 138 valence electrons. The predicted molar refractivity (Wildman–Crippen MR) is 94.1 cm³/mol. The summed E-state index contributed by atoms with van der Waals surface area (Å²) in [5.74, 6) is 0.387. The van der Waals surface area contributed by atoms with Crippen molar-refractivity contribution in [1.29, 1.82) is 0 Å². The minimum Gasteiger partial charge on any atom is -0.288 e. The van der Waals surface area contributed by atoms with E-state index in [9.17, 15) is 18.0 Å². The number of hydrogen-bond acceptors (Lipinski definition) is 6. The number of rotatable bonds is 6. The molecule has 3 heterocycles. The highest BCUT2D eigenvalue weighted by Crippen LogP contribution is 2.15. The van der Waals surface area contributed by atoms with Gasteiger partial charge in [0.15, 0.2) is 0 Å². The monoisotopic (exact) mass is 377 g/mol. The Hall–Kier alpha value is -2.75. The molecule has 1 saturated heterocycles. The van der Waals surface area contributed by atoms with Gasteiger partial charge < -0.3 is 0 Å². The first-order valence-electron chi connectivity index (χ1n) is 8.16. The summed E-state index contributed by atoms with van der Waals surface area (Å²) >= 11 is 0. The second-order valence-electron chi connectivity index (χ2n) is 5.96. The molecule has 1 N–H and O–H groups in total. The van der Waals surface area contributed by atoms with Crippen LogP contribution in [0.5, 0.6) is 0 Å². The van der Waals surface area contributed by atoms with Crippen LogP contribution in [0.15, 0.2) is 30.7 Å². The van der Waals surface area contributed by atoms with Crippen molar-refractivity contribution in [3.8, 4) is 5.82 Å². The SMILES string of the molecule is Cc1nccn1-c1ccc(NS(=O)(=O)CCN2C(=O)CCCC2=O)cn1. The molecular formula is C16H19N5O4S. The lowest BCUT2D eigenvalue weighted by Crippen LogP contribution is -2.43. The third-order valence-electron chi connectivity index (χ3n) is 4.06. The number of pyridine rings is 1. The number of carbonyl (C=O) groups is 2. The van der Waals surface area contributed by atoms with Crippen LogP contribution >= 0.6 is 0 Å². The normalized spacial score (nSPS) is 15.3. The van der Waals surface area contributed by atoms with E-state index in [1.165, 1.54) is 6.20 Å². The third kappa shape index (κ3) is 4.07. The van der Waals surface area contributed by atoms with Crippen molar-refractivity contribution in [3.63, 3.8) is 0 Å². The number of anilines is 1. The molecule has 1 aliphatic heterocycles. The Morgan fingerprint density at radius 2 is 1.88 bits per heavy atom. The maximum Gasteiger partial charge on any atom is 0.234 e. The van der Waals surface area contributed by atoms with Gasteiger partial charge >= 0.3 is 0 Å². The van der Waals surface area contributed by atoms with Gasteiger partial charge in [0.25, 0.3) is 0 Å². The van der Waals surface area contributed by atoms with Crippen LogP contribution in [0.4, 0.5) is 5.69 Å².